The van der Waals surface area contributed by atoms with Crippen molar-refractivity contribution in [3.8, 4) is 23.7 Å². The summed E-state index contributed by atoms with van der Waals surface area (Å²) >= 11 is 0. The number of hydrogen-bond acceptors (Lipinski definition) is 7. The molecule has 2 heterocycles. The molecule has 170 valence electrons. The van der Waals surface area contributed by atoms with Crippen LogP contribution in [-0.4, -0.2) is 59.1 Å². The smallest absolute Gasteiger partial charge is 0.264 e. The van der Waals surface area contributed by atoms with Crippen molar-refractivity contribution in [3.63, 3.8) is 0 Å². The number of nitrogens with zero attached hydrogens (tertiary/aromatic N) is 2. The van der Waals surface area contributed by atoms with Gasteiger partial charge in [-0.25, -0.2) is 13.9 Å². The summed E-state index contributed by atoms with van der Waals surface area (Å²) in [5.41, 5.74) is 8.71. The van der Waals surface area contributed by atoms with Gasteiger partial charge in [0, 0.05) is 36.0 Å². The fraction of sp³-hybridized carbons (Fsp3) is 0.455. The van der Waals surface area contributed by atoms with Crippen LogP contribution < -0.4 is 11.2 Å². The van der Waals surface area contributed by atoms with Gasteiger partial charge in [-0.05, 0) is 56.2 Å². The minimum absolute atomic E-state index is 0.0530. The predicted molar refractivity (Wildman–Crippen MR) is 119 cm³/mol. The molecule has 0 bridgehead atoms. The maximum Gasteiger partial charge on any atom is 0.264 e. The number of sulfone groups is 1. The molecule has 3 atom stereocenters. The molecule has 1 aromatic carbocycles. The molecule has 1 aliphatic rings. The molecule has 4 N–H and O–H groups in total. The lowest BCUT2D eigenvalue weighted by molar-refractivity contribution is -0.131. The molecule has 9 nitrogen and oxygen atoms in total. The van der Waals surface area contributed by atoms with Crippen LogP contribution in [0, 0.1) is 23.7 Å². The number of amides is 1. The summed E-state index contributed by atoms with van der Waals surface area (Å²) in [5.74, 6) is 10.7. The highest BCUT2D eigenvalue weighted by Gasteiger charge is 2.43. The van der Waals surface area contributed by atoms with Crippen LogP contribution in [0.2, 0.25) is 0 Å². The Morgan fingerprint density at radius 1 is 1.41 bits per heavy atom. The van der Waals surface area contributed by atoms with Crippen LogP contribution in [0.3, 0.4) is 0 Å². The maximum absolute atomic E-state index is 12.1. The fourth-order valence-corrected chi connectivity index (χ4v) is 4.13. The van der Waals surface area contributed by atoms with Crippen molar-refractivity contribution >= 4 is 26.6 Å². The quantitative estimate of drug-likeness (QED) is 0.339. The lowest BCUT2D eigenvalue weighted by Crippen LogP contribution is -2.49. The largest absolute Gasteiger partial charge is 0.364 e. The average Bonchev–Trinajstić information content (AvgIpc) is 3.17. The standard InChI is InChI=1S/C22H26N4O5S/c1-22(21(27)25-28,32(2,29)30)11-12-26-14-17-13-16(7-10-20(17)24-26)5-3-4-6-19-9-8-18(23)15-31-19/h7,10,13-14,18-19,28H,8-9,11-12,15,23H2,1-2H3,(H,25,27)/t18?,19?,22-/m1/s1. The molecule has 1 amide bonds. The molecule has 2 unspecified atom stereocenters. The van der Waals surface area contributed by atoms with Crippen LogP contribution >= 0.6 is 0 Å². The second-order valence-electron chi connectivity index (χ2n) is 8.04. The topological polar surface area (TPSA) is 137 Å². The molecule has 0 radical (unpaired) electrons. The number of ether oxygens (including phenoxy) is 1. The first-order valence-electron chi connectivity index (χ1n) is 10.1. The van der Waals surface area contributed by atoms with Gasteiger partial charge in [0.15, 0.2) is 14.6 Å². The van der Waals surface area contributed by atoms with Crippen molar-refractivity contribution in [1.82, 2.24) is 15.3 Å². The average molecular weight is 459 g/mol. The van der Waals surface area contributed by atoms with Crippen LogP contribution in [0.4, 0.5) is 0 Å². The highest BCUT2D eigenvalue weighted by molar-refractivity contribution is 7.92. The van der Waals surface area contributed by atoms with E-state index in [1.54, 1.807) is 10.9 Å². The van der Waals surface area contributed by atoms with Crippen LogP contribution in [0.25, 0.3) is 10.9 Å². The van der Waals surface area contributed by atoms with Crippen LogP contribution in [0.5, 0.6) is 0 Å². The van der Waals surface area contributed by atoms with E-state index in [0.717, 1.165) is 30.0 Å². The number of hydroxylamine groups is 1. The van der Waals surface area contributed by atoms with E-state index in [0.29, 0.717) is 12.1 Å². The Bertz CT molecular complexity index is 1220. The van der Waals surface area contributed by atoms with Gasteiger partial charge < -0.3 is 10.5 Å². The Balaban J connectivity index is 1.70. The van der Waals surface area contributed by atoms with Crippen molar-refractivity contribution in [2.24, 2.45) is 5.73 Å². The summed E-state index contributed by atoms with van der Waals surface area (Å²) in [6, 6.07) is 5.58. The highest BCUT2D eigenvalue weighted by Crippen LogP contribution is 2.23. The van der Waals surface area contributed by atoms with Crippen molar-refractivity contribution in [1.29, 1.82) is 0 Å². The maximum atomic E-state index is 12.1. The summed E-state index contributed by atoms with van der Waals surface area (Å²) in [5, 5.41) is 14.2. The van der Waals surface area contributed by atoms with Gasteiger partial charge in [-0.1, -0.05) is 11.8 Å². The number of aromatic nitrogens is 2. The summed E-state index contributed by atoms with van der Waals surface area (Å²) in [6.07, 6.45) is 4.23. The van der Waals surface area contributed by atoms with Gasteiger partial charge in [0.1, 0.15) is 6.10 Å². The third-order valence-electron chi connectivity index (χ3n) is 5.58. The Hall–Kier alpha value is -2.89. The number of hydrogen-bond donors (Lipinski definition) is 3. The lowest BCUT2D eigenvalue weighted by Gasteiger charge is -2.24. The van der Waals surface area contributed by atoms with E-state index in [4.69, 9.17) is 15.7 Å². The molecule has 32 heavy (non-hydrogen) atoms. The first-order valence-corrected chi connectivity index (χ1v) is 12.0. The fourth-order valence-electron chi connectivity index (χ4n) is 3.29. The number of carbonyl (C=O) groups is 1. The molecule has 1 saturated heterocycles. The molecule has 1 fully saturated rings. The molecule has 0 spiro atoms. The molecular weight excluding hydrogens is 432 g/mol. The van der Waals surface area contributed by atoms with E-state index in [-0.39, 0.29) is 25.1 Å². The normalized spacial score (nSPS) is 20.4. The van der Waals surface area contributed by atoms with Gasteiger partial charge >= 0.3 is 0 Å². The number of benzene rings is 1. The van der Waals surface area contributed by atoms with Gasteiger partial charge in [0.25, 0.3) is 5.91 Å². The number of rotatable bonds is 5. The van der Waals surface area contributed by atoms with Crippen molar-refractivity contribution < 1.29 is 23.2 Å². The Labute approximate surface area is 187 Å². The van der Waals surface area contributed by atoms with E-state index in [2.05, 4.69) is 28.8 Å². The lowest BCUT2D eigenvalue weighted by atomic mass is 10.1. The minimum Gasteiger partial charge on any atom is -0.364 e. The minimum atomic E-state index is -3.77. The van der Waals surface area contributed by atoms with Gasteiger partial charge in [0.05, 0.1) is 12.1 Å². The zero-order chi connectivity index (χ0) is 23.4. The molecule has 2 aromatic rings. The van der Waals surface area contributed by atoms with Gasteiger partial charge in [0.2, 0.25) is 0 Å². The third kappa shape index (κ3) is 5.47. The molecule has 3 rings (SSSR count). The molecule has 10 heteroatoms. The second kappa shape index (κ2) is 9.72. The van der Waals surface area contributed by atoms with Gasteiger partial charge in [-0.15, -0.1) is 0 Å². The van der Waals surface area contributed by atoms with Crippen LogP contribution in [0.1, 0.15) is 31.7 Å². The third-order valence-corrected chi connectivity index (χ3v) is 7.61. The number of nitrogens with two attached hydrogens (primary N) is 1. The van der Waals surface area contributed by atoms with Crippen molar-refractivity contribution in [2.45, 2.75) is 49.6 Å². The predicted octanol–water partition coefficient (Wildman–Crippen LogP) is 0.596. The molecular formula is C22H26N4O5S. The van der Waals surface area contributed by atoms with E-state index in [9.17, 15) is 13.2 Å². The first kappa shape index (κ1) is 23.8. The molecule has 0 aliphatic carbocycles. The number of nitrogens with one attached hydrogen (secondary N) is 1. The Morgan fingerprint density at radius 3 is 2.84 bits per heavy atom. The Kier molecular flexibility index (Phi) is 7.22. The molecule has 1 aromatic heterocycles. The van der Waals surface area contributed by atoms with Crippen molar-refractivity contribution in [2.75, 3.05) is 12.9 Å². The van der Waals surface area contributed by atoms with E-state index in [1.165, 1.54) is 12.4 Å². The molecule has 0 saturated carbocycles. The molecule has 1 aliphatic heterocycles. The van der Waals surface area contributed by atoms with E-state index in [1.807, 2.05) is 18.2 Å². The van der Waals surface area contributed by atoms with Gasteiger partial charge in [-0.3, -0.25) is 14.7 Å². The van der Waals surface area contributed by atoms with Crippen LogP contribution in [-0.2, 0) is 25.9 Å². The van der Waals surface area contributed by atoms with Gasteiger partial charge in [-0.2, -0.15) is 5.10 Å². The summed E-state index contributed by atoms with van der Waals surface area (Å²) in [7, 11) is -3.77. The summed E-state index contributed by atoms with van der Waals surface area (Å²) in [6.45, 7) is 1.96. The van der Waals surface area contributed by atoms with Crippen LogP contribution in [0.15, 0.2) is 24.4 Å². The first-order chi connectivity index (χ1) is 15.1. The van der Waals surface area contributed by atoms with E-state index < -0.39 is 20.5 Å². The van der Waals surface area contributed by atoms with Crippen molar-refractivity contribution in [3.05, 3.63) is 30.0 Å². The zero-order valence-electron chi connectivity index (χ0n) is 18.0. The number of fused-ring (bicyclic) bond motifs is 1. The zero-order valence-corrected chi connectivity index (χ0v) is 18.8. The Morgan fingerprint density at radius 2 is 2.19 bits per heavy atom. The van der Waals surface area contributed by atoms with E-state index >= 15 is 0 Å². The summed E-state index contributed by atoms with van der Waals surface area (Å²) in [4.78, 5) is 11.9. The SMILES string of the molecule is C[C@@](CCn1cc2cc(C#CC#CC3CCC(N)CO3)ccc2n1)(C(=O)NO)S(C)(=O)=O. The number of carbonyl (C=O) groups excluding carboxylic acids is 1. The monoisotopic (exact) mass is 458 g/mol. The number of aryl methyl sites for hydroxylation is 1. The highest BCUT2D eigenvalue weighted by atomic mass is 32.2. The second-order valence-corrected chi connectivity index (χ2v) is 10.5. The summed E-state index contributed by atoms with van der Waals surface area (Å²) < 4.78 is 29.5.